The Morgan fingerprint density at radius 1 is 1.32 bits per heavy atom. The first kappa shape index (κ1) is 18.9. The molecule has 0 saturated heterocycles. The average molecular weight is 347 g/mol. The molecule has 0 aromatic carbocycles. The molecule has 1 aromatic heterocycles. The lowest BCUT2D eigenvalue weighted by Gasteiger charge is -2.25. The van der Waals surface area contributed by atoms with Crippen molar-refractivity contribution in [3.63, 3.8) is 0 Å². The van der Waals surface area contributed by atoms with Crippen molar-refractivity contribution in [2.75, 3.05) is 32.9 Å². The van der Waals surface area contributed by atoms with Gasteiger partial charge in [0, 0.05) is 37.0 Å². The van der Waals surface area contributed by atoms with E-state index < -0.39 is 10.0 Å². The normalized spacial score (nSPS) is 13.2. The summed E-state index contributed by atoms with van der Waals surface area (Å²) in [5.41, 5.74) is 0.0314. The van der Waals surface area contributed by atoms with Crippen LogP contribution in [0.2, 0.25) is 0 Å². The van der Waals surface area contributed by atoms with Crippen LogP contribution in [-0.2, 0) is 15.4 Å². The van der Waals surface area contributed by atoms with E-state index in [9.17, 15) is 8.42 Å². The van der Waals surface area contributed by atoms with Crippen molar-refractivity contribution < 1.29 is 8.42 Å². The van der Waals surface area contributed by atoms with Crippen LogP contribution < -0.4 is 15.4 Å². The van der Waals surface area contributed by atoms with E-state index in [2.05, 4.69) is 51.7 Å². The van der Waals surface area contributed by atoms with Crippen molar-refractivity contribution in [1.82, 2.24) is 15.4 Å². The van der Waals surface area contributed by atoms with Crippen molar-refractivity contribution >= 4 is 27.3 Å². The van der Waals surface area contributed by atoms with Gasteiger partial charge in [-0.25, -0.2) is 13.1 Å². The van der Waals surface area contributed by atoms with Gasteiger partial charge in [-0.2, -0.15) is 0 Å². The van der Waals surface area contributed by atoms with Gasteiger partial charge in [-0.3, -0.25) is 4.99 Å². The third-order valence-corrected chi connectivity index (χ3v) is 5.08. The highest BCUT2D eigenvalue weighted by Gasteiger charge is 2.21. The van der Waals surface area contributed by atoms with E-state index in [0.717, 1.165) is 18.8 Å². The van der Waals surface area contributed by atoms with Gasteiger partial charge in [0.15, 0.2) is 5.96 Å². The molecule has 0 aliphatic rings. The zero-order valence-corrected chi connectivity index (χ0v) is 15.3. The fraction of sp³-hybridized carbons (Fsp3) is 0.643. The summed E-state index contributed by atoms with van der Waals surface area (Å²) in [4.78, 5) is 5.50. The maximum atomic E-state index is 10.9. The van der Waals surface area contributed by atoms with Crippen LogP contribution >= 0.6 is 11.3 Å². The molecule has 0 unspecified atom stereocenters. The van der Waals surface area contributed by atoms with Crippen molar-refractivity contribution in [1.29, 1.82) is 0 Å². The van der Waals surface area contributed by atoms with Crippen LogP contribution in [-0.4, -0.2) is 47.3 Å². The zero-order chi connectivity index (χ0) is 16.6. The second kappa shape index (κ2) is 8.50. The van der Waals surface area contributed by atoms with Crippen molar-refractivity contribution in [2.24, 2.45) is 4.99 Å². The summed E-state index contributed by atoms with van der Waals surface area (Å²) in [5, 5.41) is 8.58. The molecule has 0 saturated carbocycles. The van der Waals surface area contributed by atoms with Crippen LogP contribution in [0.15, 0.2) is 22.5 Å². The predicted molar refractivity (Wildman–Crippen MR) is 94.2 cm³/mol. The number of hydrogen-bond donors (Lipinski definition) is 3. The molecule has 0 aliphatic heterocycles. The molecule has 1 rings (SSSR count). The third-order valence-electron chi connectivity index (χ3n) is 3.12. The molecule has 6 nitrogen and oxygen atoms in total. The highest BCUT2D eigenvalue weighted by atomic mass is 32.2. The van der Waals surface area contributed by atoms with E-state index in [1.165, 1.54) is 4.88 Å². The molecule has 0 spiro atoms. The van der Waals surface area contributed by atoms with Gasteiger partial charge in [-0.05, 0) is 17.9 Å². The number of nitrogens with one attached hydrogen (secondary N) is 3. The molecule has 1 aromatic rings. The van der Waals surface area contributed by atoms with Crippen molar-refractivity contribution in [3.8, 4) is 0 Å². The Bertz CT molecular complexity index is 566. The fourth-order valence-electron chi connectivity index (χ4n) is 1.83. The fourth-order valence-corrected chi connectivity index (χ4v) is 3.20. The van der Waals surface area contributed by atoms with E-state index in [1.807, 2.05) is 0 Å². The first-order valence-electron chi connectivity index (χ1n) is 7.18. The first-order valence-corrected chi connectivity index (χ1v) is 9.95. The number of hydrogen-bond acceptors (Lipinski definition) is 4. The smallest absolute Gasteiger partial charge is 0.208 e. The highest BCUT2D eigenvalue weighted by molar-refractivity contribution is 7.88. The molecule has 8 heteroatoms. The second-order valence-corrected chi connectivity index (χ2v) is 8.51. The molecule has 0 aliphatic carbocycles. The molecule has 0 amide bonds. The maximum absolute atomic E-state index is 10.9. The molecular formula is C14H26N4O2S2. The molecule has 0 bridgehead atoms. The van der Waals surface area contributed by atoms with Crippen molar-refractivity contribution in [2.45, 2.75) is 25.7 Å². The van der Waals surface area contributed by atoms with Crippen LogP contribution in [0.1, 0.15) is 25.1 Å². The van der Waals surface area contributed by atoms with Gasteiger partial charge < -0.3 is 10.6 Å². The van der Waals surface area contributed by atoms with Gasteiger partial charge in [0.25, 0.3) is 0 Å². The summed E-state index contributed by atoms with van der Waals surface area (Å²) in [6.07, 6.45) is 1.86. The lowest BCUT2D eigenvalue weighted by Crippen LogP contribution is -2.43. The number of thiophene rings is 1. The number of nitrogens with zero attached hydrogens (tertiary/aromatic N) is 1. The van der Waals surface area contributed by atoms with Gasteiger partial charge in [0.05, 0.1) is 6.26 Å². The molecule has 22 heavy (non-hydrogen) atoms. The maximum Gasteiger partial charge on any atom is 0.208 e. The average Bonchev–Trinajstić information content (AvgIpc) is 2.95. The van der Waals surface area contributed by atoms with Gasteiger partial charge in [-0.1, -0.05) is 19.9 Å². The Balaban J connectivity index is 2.31. The summed E-state index contributed by atoms with van der Waals surface area (Å²) >= 11 is 1.75. The van der Waals surface area contributed by atoms with E-state index in [0.29, 0.717) is 19.5 Å². The standard InChI is InChI=1S/C14H26N4O2S2/c1-14(2,12-7-5-10-21-12)11-17-13(15-3)16-8-6-9-18-22(4,19)20/h5,7,10,18H,6,8-9,11H2,1-4H3,(H2,15,16,17). The van der Waals surface area contributed by atoms with Crippen LogP contribution in [0.25, 0.3) is 0 Å². The Labute approximate surface area is 137 Å². The molecule has 0 atom stereocenters. The lowest BCUT2D eigenvalue weighted by molar-refractivity contribution is 0.518. The summed E-state index contributed by atoms with van der Waals surface area (Å²) in [5.74, 6) is 0.726. The van der Waals surface area contributed by atoms with Crippen LogP contribution in [0.5, 0.6) is 0 Å². The molecule has 126 valence electrons. The zero-order valence-electron chi connectivity index (χ0n) is 13.6. The Morgan fingerprint density at radius 2 is 2.05 bits per heavy atom. The summed E-state index contributed by atoms with van der Waals surface area (Å²) in [6.45, 7) is 6.23. The predicted octanol–water partition coefficient (Wildman–Crippen LogP) is 1.13. The van der Waals surface area contributed by atoms with Crippen LogP contribution in [0.4, 0.5) is 0 Å². The SMILES string of the molecule is CN=C(NCCCNS(C)(=O)=O)NCC(C)(C)c1cccs1. The molecule has 1 heterocycles. The number of aliphatic imine (C=N–C) groups is 1. The molecule has 3 N–H and O–H groups in total. The minimum absolute atomic E-state index is 0.0314. The van der Waals surface area contributed by atoms with Gasteiger partial charge in [-0.15, -0.1) is 11.3 Å². The largest absolute Gasteiger partial charge is 0.356 e. The van der Waals surface area contributed by atoms with E-state index in [-0.39, 0.29) is 5.41 Å². The number of rotatable bonds is 8. The van der Waals surface area contributed by atoms with Gasteiger partial charge in [0.2, 0.25) is 10.0 Å². The Morgan fingerprint density at radius 3 is 2.59 bits per heavy atom. The van der Waals surface area contributed by atoms with Gasteiger partial charge in [0.1, 0.15) is 0 Å². The Hall–Kier alpha value is -1.12. The first-order chi connectivity index (χ1) is 10.2. The number of sulfonamides is 1. The summed E-state index contributed by atoms with van der Waals surface area (Å²) in [6, 6.07) is 4.20. The van der Waals surface area contributed by atoms with Gasteiger partial charge >= 0.3 is 0 Å². The van der Waals surface area contributed by atoms with Crippen molar-refractivity contribution in [3.05, 3.63) is 22.4 Å². The number of guanidine groups is 1. The Kier molecular flexibility index (Phi) is 7.31. The lowest BCUT2D eigenvalue weighted by atomic mass is 9.91. The third kappa shape index (κ3) is 7.24. The van der Waals surface area contributed by atoms with E-state index >= 15 is 0 Å². The topological polar surface area (TPSA) is 82.6 Å². The summed E-state index contributed by atoms with van der Waals surface area (Å²) in [7, 11) is -1.38. The summed E-state index contributed by atoms with van der Waals surface area (Å²) < 4.78 is 24.3. The minimum atomic E-state index is -3.11. The minimum Gasteiger partial charge on any atom is -0.356 e. The monoisotopic (exact) mass is 346 g/mol. The molecular weight excluding hydrogens is 320 g/mol. The molecule has 0 radical (unpaired) electrons. The van der Waals surface area contributed by atoms with Crippen LogP contribution in [0, 0.1) is 0 Å². The van der Waals surface area contributed by atoms with Crippen LogP contribution in [0.3, 0.4) is 0 Å². The highest BCUT2D eigenvalue weighted by Crippen LogP contribution is 2.26. The second-order valence-electron chi connectivity index (χ2n) is 5.73. The molecule has 0 fully saturated rings. The van der Waals surface area contributed by atoms with E-state index in [4.69, 9.17) is 0 Å². The van der Waals surface area contributed by atoms with E-state index in [1.54, 1.807) is 18.4 Å². The quantitative estimate of drug-likeness (QED) is 0.374.